The molecule has 0 amide bonds. The molecule has 112 valence electrons. The van der Waals surface area contributed by atoms with Crippen LogP contribution < -0.4 is 5.32 Å². The maximum Gasteiger partial charge on any atom is 0.0595 e. The third-order valence-electron chi connectivity index (χ3n) is 4.44. The molecule has 1 saturated carbocycles. The molecule has 1 aliphatic rings. The second-order valence-electron chi connectivity index (χ2n) is 6.51. The van der Waals surface area contributed by atoms with E-state index in [9.17, 15) is 0 Å². The van der Waals surface area contributed by atoms with Crippen molar-refractivity contribution in [1.82, 2.24) is 5.32 Å². The van der Waals surface area contributed by atoms with Gasteiger partial charge in [-0.1, -0.05) is 62.9 Å². The number of hydrogen-bond acceptors (Lipinski definition) is 1. The molecule has 1 nitrogen and oxygen atoms in total. The van der Waals surface area contributed by atoms with E-state index >= 15 is 0 Å². The van der Waals surface area contributed by atoms with Crippen LogP contribution in [0, 0.1) is 5.92 Å². The third kappa shape index (κ3) is 3.50. The van der Waals surface area contributed by atoms with Gasteiger partial charge in [-0.3, -0.25) is 0 Å². The van der Waals surface area contributed by atoms with Crippen molar-refractivity contribution >= 4 is 23.2 Å². The lowest BCUT2D eigenvalue weighted by Crippen LogP contribution is -2.49. The summed E-state index contributed by atoms with van der Waals surface area (Å²) in [6, 6.07) is 6.66. The Bertz CT molecular complexity index is 450. The molecule has 3 heteroatoms. The number of rotatable bonds is 6. The van der Waals surface area contributed by atoms with Crippen LogP contribution in [0.2, 0.25) is 10.0 Å². The number of hydrogen-bond donors (Lipinski definition) is 1. The molecule has 0 saturated heterocycles. The molecule has 0 atom stereocenters. The molecule has 0 radical (unpaired) electrons. The van der Waals surface area contributed by atoms with Gasteiger partial charge >= 0.3 is 0 Å². The molecule has 1 aromatic rings. The van der Waals surface area contributed by atoms with Gasteiger partial charge in [0.1, 0.15) is 0 Å². The van der Waals surface area contributed by atoms with E-state index in [4.69, 9.17) is 23.2 Å². The Labute approximate surface area is 133 Å². The van der Waals surface area contributed by atoms with Crippen LogP contribution in [0.5, 0.6) is 0 Å². The number of benzene rings is 1. The highest BCUT2D eigenvalue weighted by atomic mass is 35.5. The summed E-state index contributed by atoms with van der Waals surface area (Å²) in [5, 5.41) is 4.93. The van der Waals surface area contributed by atoms with Gasteiger partial charge in [0.2, 0.25) is 0 Å². The SMILES string of the molecule is CCCC1CC(CNC(C)C)(c2ccc(Cl)c(Cl)c2)C1. The molecule has 0 aromatic heterocycles. The lowest BCUT2D eigenvalue weighted by Gasteiger charge is -2.49. The highest BCUT2D eigenvalue weighted by molar-refractivity contribution is 6.42. The fourth-order valence-corrected chi connectivity index (χ4v) is 3.66. The van der Waals surface area contributed by atoms with Gasteiger partial charge in [-0.2, -0.15) is 0 Å². The van der Waals surface area contributed by atoms with E-state index < -0.39 is 0 Å². The van der Waals surface area contributed by atoms with Crippen LogP contribution in [-0.4, -0.2) is 12.6 Å². The van der Waals surface area contributed by atoms with Crippen LogP contribution >= 0.6 is 23.2 Å². The van der Waals surface area contributed by atoms with Gasteiger partial charge in [-0.05, 0) is 36.5 Å². The van der Waals surface area contributed by atoms with Crippen molar-refractivity contribution < 1.29 is 0 Å². The minimum Gasteiger partial charge on any atom is -0.314 e. The molecular formula is C17H25Cl2N. The first kappa shape index (κ1) is 16.1. The van der Waals surface area contributed by atoms with Gasteiger partial charge in [-0.15, -0.1) is 0 Å². The Morgan fingerprint density at radius 3 is 2.50 bits per heavy atom. The zero-order valence-corrected chi connectivity index (χ0v) is 14.2. The Hall–Kier alpha value is -0.240. The van der Waals surface area contributed by atoms with Crippen molar-refractivity contribution in [2.75, 3.05) is 6.54 Å². The van der Waals surface area contributed by atoms with Crippen molar-refractivity contribution in [3.05, 3.63) is 33.8 Å². The van der Waals surface area contributed by atoms with Crippen LogP contribution in [0.4, 0.5) is 0 Å². The Balaban J connectivity index is 2.16. The average Bonchev–Trinajstić information content (AvgIpc) is 2.35. The maximum atomic E-state index is 6.21. The summed E-state index contributed by atoms with van der Waals surface area (Å²) in [7, 11) is 0. The molecule has 1 fully saturated rings. The van der Waals surface area contributed by atoms with E-state index in [0.29, 0.717) is 16.1 Å². The third-order valence-corrected chi connectivity index (χ3v) is 5.18. The van der Waals surface area contributed by atoms with Crippen molar-refractivity contribution in [3.63, 3.8) is 0 Å². The van der Waals surface area contributed by atoms with Crippen LogP contribution in [0.1, 0.15) is 52.0 Å². The average molecular weight is 314 g/mol. The largest absolute Gasteiger partial charge is 0.314 e. The quantitative estimate of drug-likeness (QED) is 0.737. The van der Waals surface area contributed by atoms with Crippen molar-refractivity contribution in [1.29, 1.82) is 0 Å². The molecule has 0 bridgehead atoms. The van der Waals surface area contributed by atoms with E-state index in [1.807, 2.05) is 6.07 Å². The first-order valence-electron chi connectivity index (χ1n) is 7.66. The standard InChI is InChI=1S/C17H25Cl2N/c1-4-5-13-9-17(10-13,11-20-12(2)3)14-6-7-15(18)16(19)8-14/h6-8,12-13,20H,4-5,9-11H2,1-3H3. The van der Waals surface area contributed by atoms with E-state index in [-0.39, 0.29) is 5.41 Å². The van der Waals surface area contributed by atoms with Crippen molar-refractivity contribution in [2.45, 2.75) is 57.9 Å². The van der Waals surface area contributed by atoms with Crippen LogP contribution in [-0.2, 0) is 5.41 Å². The van der Waals surface area contributed by atoms with Crippen LogP contribution in [0.25, 0.3) is 0 Å². The molecule has 2 rings (SSSR count). The molecule has 0 unspecified atom stereocenters. The zero-order chi connectivity index (χ0) is 14.8. The van der Waals surface area contributed by atoms with Crippen LogP contribution in [0.3, 0.4) is 0 Å². The minimum atomic E-state index is 0.248. The fourth-order valence-electron chi connectivity index (χ4n) is 3.37. The van der Waals surface area contributed by atoms with E-state index in [2.05, 4.69) is 38.2 Å². The molecular weight excluding hydrogens is 289 g/mol. The number of halogens is 2. The summed E-state index contributed by atoms with van der Waals surface area (Å²) in [5.74, 6) is 0.864. The Morgan fingerprint density at radius 2 is 1.95 bits per heavy atom. The molecule has 0 aliphatic heterocycles. The molecule has 1 N–H and O–H groups in total. The topological polar surface area (TPSA) is 12.0 Å². The number of nitrogens with one attached hydrogen (secondary N) is 1. The highest BCUT2D eigenvalue weighted by Crippen LogP contribution is 2.50. The first-order chi connectivity index (χ1) is 9.47. The smallest absolute Gasteiger partial charge is 0.0595 e. The predicted octanol–water partition coefficient (Wildman–Crippen LogP) is 5.44. The van der Waals surface area contributed by atoms with Gasteiger partial charge in [0.25, 0.3) is 0 Å². The van der Waals surface area contributed by atoms with Gasteiger partial charge in [0.15, 0.2) is 0 Å². The normalized spacial score (nSPS) is 25.8. The second kappa shape index (κ2) is 6.68. The van der Waals surface area contributed by atoms with Gasteiger partial charge < -0.3 is 5.32 Å². The summed E-state index contributed by atoms with van der Waals surface area (Å²) in [4.78, 5) is 0. The Kier molecular flexibility index (Phi) is 5.39. The Morgan fingerprint density at radius 1 is 1.25 bits per heavy atom. The van der Waals surface area contributed by atoms with Crippen molar-refractivity contribution in [2.24, 2.45) is 5.92 Å². The van der Waals surface area contributed by atoms with Gasteiger partial charge in [0, 0.05) is 18.0 Å². The molecule has 1 aliphatic carbocycles. The van der Waals surface area contributed by atoms with E-state index in [0.717, 1.165) is 12.5 Å². The molecule has 1 aromatic carbocycles. The first-order valence-corrected chi connectivity index (χ1v) is 8.41. The maximum absolute atomic E-state index is 6.21. The predicted molar refractivity (Wildman–Crippen MR) is 88.9 cm³/mol. The monoisotopic (exact) mass is 313 g/mol. The van der Waals surface area contributed by atoms with Crippen molar-refractivity contribution in [3.8, 4) is 0 Å². The zero-order valence-electron chi connectivity index (χ0n) is 12.7. The summed E-state index contributed by atoms with van der Waals surface area (Å²) in [6.07, 6.45) is 5.14. The highest BCUT2D eigenvalue weighted by Gasteiger charge is 2.44. The lowest BCUT2D eigenvalue weighted by molar-refractivity contribution is 0.126. The molecule has 20 heavy (non-hydrogen) atoms. The van der Waals surface area contributed by atoms with Crippen LogP contribution in [0.15, 0.2) is 18.2 Å². The summed E-state index contributed by atoms with van der Waals surface area (Å²) >= 11 is 12.3. The summed E-state index contributed by atoms with van der Waals surface area (Å²) in [5.41, 5.74) is 1.59. The summed E-state index contributed by atoms with van der Waals surface area (Å²) in [6.45, 7) is 7.70. The van der Waals surface area contributed by atoms with E-state index in [1.165, 1.54) is 31.2 Å². The van der Waals surface area contributed by atoms with Gasteiger partial charge in [-0.25, -0.2) is 0 Å². The molecule has 0 heterocycles. The summed E-state index contributed by atoms with van der Waals surface area (Å²) < 4.78 is 0. The fraction of sp³-hybridized carbons (Fsp3) is 0.647. The van der Waals surface area contributed by atoms with E-state index in [1.54, 1.807) is 0 Å². The molecule has 0 spiro atoms. The van der Waals surface area contributed by atoms with Gasteiger partial charge in [0.05, 0.1) is 10.0 Å². The second-order valence-corrected chi connectivity index (χ2v) is 7.32. The lowest BCUT2D eigenvalue weighted by atomic mass is 9.57. The minimum absolute atomic E-state index is 0.248.